The zero-order valence-electron chi connectivity index (χ0n) is 33.1. The fraction of sp³-hybridized carbons (Fsp3) is 0.396. The summed E-state index contributed by atoms with van der Waals surface area (Å²) in [6.07, 6.45) is 8.96. The number of aryl methyl sites for hydroxylation is 4. The molecule has 3 aromatic carbocycles. The number of nitrogens with zero attached hydrogens (tertiary/aromatic N) is 2. The molecule has 0 aliphatic rings. The summed E-state index contributed by atoms with van der Waals surface area (Å²) in [6.45, 7) is 16.8. The summed E-state index contributed by atoms with van der Waals surface area (Å²) in [4.78, 5) is 21.8. The van der Waals surface area contributed by atoms with E-state index in [-0.39, 0.29) is 43.5 Å². The van der Waals surface area contributed by atoms with E-state index in [4.69, 9.17) is 9.97 Å². The van der Waals surface area contributed by atoms with Gasteiger partial charge in [0.1, 0.15) is 0 Å². The number of unbranched alkanes of at least 4 members (excludes halogenated alkanes) is 1. The molecule has 5 rings (SSSR count). The largest absolute Gasteiger partial charge is 0.512 e. The number of allylic oxidation sites excluding steroid dienone is 2. The van der Waals surface area contributed by atoms with E-state index >= 15 is 0 Å². The molecule has 283 valence electrons. The maximum atomic E-state index is 11.7. The van der Waals surface area contributed by atoms with Crippen LogP contribution in [-0.4, -0.2) is 20.9 Å². The van der Waals surface area contributed by atoms with E-state index in [1.165, 1.54) is 28.0 Å². The number of ketones is 1. The molecule has 0 bridgehead atoms. The van der Waals surface area contributed by atoms with Gasteiger partial charge in [0.05, 0.1) is 5.76 Å². The average molecular weight is 887 g/mol. The fourth-order valence-corrected chi connectivity index (χ4v) is 6.76. The van der Waals surface area contributed by atoms with Crippen LogP contribution in [-0.2, 0) is 37.7 Å². The van der Waals surface area contributed by atoms with Gasteiger partial charge in [-0.1, -0.05) is 85.7 Å². The third-order valence-corrected chi connectivity index (χ3v) is 9.97. The monoisotopic (exact) mass is 887 g/mol. The van der Waals surface area contributed by atoms with Crippen molar-refractivity contribution in [2.45, 2.75) is 113 Å². The van der Waals surface area contributed by atoms with Crippen LogP contribution < -0.4 is 0 Å². The summed E-state index contributed by atoms with van der Waals surface area (Å²) in [5.41, 5.74) is 10.2. The fourth-order valence-electron chi connectivity index (χ4n) is 6.76. The smallest absolute Gasteiger partial charge is 0.162 e. The van der Waals surface area contributed by atoms with Crippen molar-refractivity contribution in [3.63, 3.8) is 0 Å². The maximum Gasteiger partial charge on any atom is 0.162 e. The summed E-state index contributed by atoms with van der Waals surface area (Å²) in [5, 5.41) is 12.2. The van der Waals surface area contributed by atoms with Crippen LogP contribution >= 0.6 is 0 Å². The summed E-state index contributed by atoms with van der Waals surface area (Å²) >= 11 is 0. The normalized spacial score (nSPS) is 11.5. The molecular weight excluding hydrogens is 829 g/mol. The number of pyridine rings is 2. The minimum absolute atomic E-state index is 0. The SMILES string of the molecule is CCC(CC)C(=O)/C=C(\O)C(CC)CC.Cc1[c-]c(-c2nc(CCCCc3cccc(-c4[c-]cccc4)n3)cc3cc(C(C)C)ccc23)cc(C)c1.[Ir]. The number of aliphatic hydroxyl groups is 1. The first-order valence-electron chi connectivity index (χ1n) is 19.4. The van der Waals surface area contributed by atoms with Crippen molar-refractivity contribution in [1.29, 1.82) is 0 Å². The van der Waals surface area contributed by atoms with E-state index in [0.29, 0.717) is 5.92 Å². The number of hydrogen-bond donors (Lipinski definition) is 1. The Morgan fingerprint density at radius 1 is 0.774 bits per heavy atom. The molecule has 2 heterocycles. The average Bonchev–Trinajstić information content (AvgIpc) is 3.14. The van der Waals surface area contributed by atoms with E-state index < -0.39 is 0 Å². The van der Waals surface area contributed by atoms with Gasteiger partial charge in [0.15, 0.2) is 5.78 Å². The quantitative estimate of drug-likeness (QED) is 0.0492. The Morgan fingerprint density at radius 3 is 2.09 bits per heavy atom. The summed E-state index contributed by atoms with van der Waals surface area (Å²) < 4.78 is 0. The summed E-state index contributed by atoms with van der Waals surface area (Å²) in [7, 11) is 0. The minimum atomic E-state index is 0. The number of hydrogen-bond acceptors (Lipinski definition) is 4. The van der Waals surface area contributed by atoms with Gasteiger partial charge >= 0.3 is 0 Å². The molecule has 0 amide bonds. The number of benzene rings is 3. The summed E-state index contributed by atoms with van der Waals surface area (Å²) in [5.74, 6) is 1.04. The number of aliphatic hydroxyl groups excluding tert-OH is 1. The molecular formula is C48H58IrN2O2-2. The first kappa shape index (κ1) is 43.5. The predicted molar refractivity (Wildman–Crippen MR) is 219 cm³/mol. The zero-order valence-corrected chi connectivity index (χ0v) is 35.5. The van der Waals surface area contributed by atoms with Crippen LogP contribution in [0, 0.1) is 37.8 Å². The van der Waals surface area contributed by atoms with Gasteiger partial charge in [0.25, 0.3) is 0 Å². The Bertz CT molecular complexity index is 1900. The number of carbonyl (C=O) groups excluding carboxylic acids is 1. The molecule has 0 spiro atoms. The van der Waals surface area contributed by atoms with Crippen LogP contribution in [0.4, 0.5) is 0 Å². The molecule has 0 unspecified atom stereocenters. The van der Waals surface area contributed by atoms with E-state index in [2.05, 4.69) is 100 Å². The first-order valence-corrected chi connectivity index (χ1v) is 19.4. The van der Waals surface area contributed by atoms with Gasteiger partial charge in [-0.25, -0.2) is 0 Å². The Morgan fingerprint density at radius 2 is 1.47 bits per heavy atom. The van der Waals surface area contributed by atoms with Gasteiger partial charge < -0.3 is 15.1 Å². The van der Waals surface area contributed by atoms with Crippen molar-refractivity contribution in [3.05, 3.63) is 131 Å². The van der Waals surface area contributed by atoms with E-state index in [0.717, 1.165) is 90.8 Å². The molecule has 0 aliphatic heterocycles. The second kappa shape index (κ2) is 21.7. The Hall–Kier alpha value is -3.92. The number of aromatic nitrogens is 2. The molecule has 0 fully saturated rings. The van der Waals surface area contributed by atoms with E-state index in [1.807, 2.05) is 45.9 Å². The van der Waals surface area contributed by atoms with Crippen LogP contribution in [0.25, 0.3) is 33.3 Å². The van der Waals surface area contributed by atoms with Gasteiger partial charge in [0, 0.05) is 49.4 Å². The molecule has 1 radical (unpaired) electrons. The van der Waals surface area contributed by atoms with Crippen molar-refractivity contribution in [2.75, 3.05) is 0 Å². The zero-order chi connectivity index (χ0) is 37.6. The topological polar surface area (TPSA) is 63.1 Å². The second-order valence-corrected chi connectivity index (χ2v) is 14.3. The predicted octanol–water partition coefficient (Wildman–Crippen LogP) is 12.7. The van der Waals surface area contributed by atoms with Crippen molar-refractivity contribution in [2.24, 2.45) is 11.8 Å². The molecule has 53 heavy (non-hydrogen) atoms. The van der Waals surface area contributed by atoms with Crippen LogP contribution in [0.3, 0.4) is 0 Å². The molecule has 0 atom stereocenters. The molecule has 0 saturated heterocycles. The van der Waals surface area contributed by atoms with Crippen LogP contribution in [0.5, 0.6) is 0 Å². The molecule has 5 heteroatoms. The first-order chi connectivity index (χ1) is 25.1. The number of carbonyl (C=O) groups is 1. The standard InChI is InChI=1S/C35H34N2.C13H24O2.Ir/c1-24(2)28-17-18-33-29(22-28)23-32(37-35(33)30-20-25(3)19-26(4)21-30)14-9-8-13-31-15-10-16-34(36-31)27-11-6-5-7-12-27;1-5-10(6-2)12(14)9-13(15)11(7-3)8-4;/h5-7,10-11,15-20,22-24H,8-9,13-14H2,1-4H3;9-11,14H,5-8H2,1-4H3;/q-2;;/b;12-9-;. The molecule has 2 aromatic heterocycles. The van der Waals surface area contributed by atoms with E-state index in [1.54, 1.807) is 0 Å². The summed E-state index contributed by atoms with van der Waals surface area (Å²) in [6, 6.07) is 34.6. The van der Waals surface area contributed by atoms with Crippen molar-refractivity contribution in [1.82, 2.24) is 9.97 Å². The molecule has 0 saturated carbocycles. The molecule has 1 N–H and O–H groups in total. The number of fused-ring (bicyclic) bond motifs is 1. The number of rotatable bonds is 15. The van der Waals surface area contributed by atoms with Gasteiger partial charge in [-0.05, 0) is 97.1 Å². The van der Waals surface area contributed by atoms with Crippen LogP contribution in [0.1, 0.15) is 114 Å². The maximum absolute atomic E-state index is 11.7. The van der Waals surface area contributed by atoms with Crippen LogP contribution in [0.2, 0.25) is 0 Å². The molecule has 4 nitrogen and oxygen atoms in total. The third-order valence-electron chi connectivity index (χ3n) is 9.97. The Balaban J connectivity index is 0.000000403. The molecule has 5 aromatic rings. The van der Waals surface area contributed by atoms with Gasteiger partial charge in [0.2, 0.25) is 0 Å². The second-order valence-electron chi connectivity index (χ2n) is 14.3. The van der Waals surface area contributed by atoms with Gasteiger partial charge in [-0.3, -0.25) is 4.79 Å². The minimum Gasteiger partial charge on any atom is -0.512 e. The Labute approximate surface area is 333 Å². The third kappa shape index (κ3) is 12.6. The van der Waals surface area contributed by atoms with Gasteiger partial charge in [-0.15, -0.1) is 70.8 Å². The van der Waals surface area contributed by atoms with Crippen LogP contribution in [0.15, 0.2) is 90.7 Å². The van der Waals surface area contributed by atoms with E-state index in [9.17, 15) is 9.90 Å². The van der Waals surface area contributed by atoms with Crippen molar-refractivity contribution >= 4 is 16.6 Å². The Kier molecular flexibility index (Phi) is 17.8. The molecule has 0 aliphatic carbocycles. The van der Waals surface area contributed by atoms with Crippen molar-refractivity contribution < 1.29 is 30.0 Å². The van der Waals surface area contributed by atoms with Gasteiger partial charge in [-0.2, -0.15) is 0 Å². The van der Waals surface area contributed by atoms with Crippen molar-refractivity contribution in [3.8, 4) is 22.5 Å².